The highest BCUT2D eigenvalue weighted by molar-refractivity contribution is 5.94. The van der Waals surface area contributed by atoms with Gasteiger partial charge in [-0.3, -0.25) is 14.5 Å². The van der Waals surface area contributed by atoms with Crippen molar-refractivity contribution in [2.24, 2.45) is 0 Å². The Labute approximate surface area is 164 Å². The van der Waals surface area contributed by atoms with Crippen LogP contribution in [0.3, 0.4) is 0 Å². The summed E-state index contributed by atoms with van der Waals surface area (Å²) in [7, 11) is 0. The summed E-state index contributed by atoms with van der Waals surface area (Å²) in [6, 6.07) is 8.04. The molecule has 0 bridgehead atoms. The zero-order valence-electron chi connectivity index (χ0n) is 15.8. The van der Waals surface area contributed by atoms with Crippen LogP contribution in [0.25, 0.3) is 11.1 Å². The van der Waals surface area contributed by atoms with Gasteiger partial charge in [-0.15, -0.1) is 0 Å². The Morgan fingerprint density at radius 3 is 2.18 bits per heavy atom. The Morgan fingerprint density at radius 2 is 1.54 bits per heavy atom. The van der Waals surface area contributed by atoms with Gasteiger partial charge in [0.2, 0.25) is 5.91 Å². The first-order chi connectivity index (χ1) is 13.7. The number of benzene rings is 1. The summed E-state index contributed by atoms with van der Waals surface area (Å²) in [5.74, 6) is 0.0645. The molecule has 2 aliphatic rings. The number of amides is 2. The molecule has 7 heteroatoms. The van der Waals surface area contributed by atoms with Gasteiger partial charge in [0.15, 0.2) is 0 Å². The topological polar surface area (TPSA) is 87.2 Å². The first-order valence-electron chi connectivity index (χ1n) is 9.85. The highest BCUT2D eigenvalue weighted by Crippen LogP contribution is 2.19. The summed E-state index contributed by atoms with van der Waals surface area (Å²) in [6.07, 6.45) is 8.95. The molecular formula is C21H25N5O2. The standard InChI is InChI=1S/C21H25N5O2/c27-20(24-18-5-6-18)13-26-9-7-19(8-10-26)25-21(28)16-3-1-15(2-4-16)17-11-22-14-23-12-17/h1-4,11-12,14,18-19H,5-10,13H2,(H,24,27)(H,25,28). The van der Waals surface area contributed by atoms with E-state index in [9.17, 15) is 9.59 Å². The van der Waals surface area contributed by atoms with Gasteiger partial charge in [-0.25, -0.2) is 9.97 Å². The van der Waals surface area contributed by atoms with E-state index in [2.05, 4.69) is 25.5 Å². The maximum atomic E-state index is 12.5. The van der Waals surface area contributed by atoms with Gasteiger partial charge < -0.3 is 10.6 Å². The summed E-state index contributed by atoms with van der Waals surface area (Å²) in [4.78, 5) is 34.6. The van der Waals surface area contributed by atoms with Crippen molar-refractivity contribution in [3.05, 3.63) is 48.5 Å². The first kappa shape index (κ1) is 18.6. The Hall–Kier alpha value is -2.80. The number of aromatic nitrogens is 2. The summed E-state index contributed by atoms with van der Waals surface area (Å²) >= 11 is 0. The van der Waals surface area contributed by atoms with Gasteiger partial charge >= 0.3 is 0 Å². The van der Waals surface area contributed by atoms with Crippen LogP contribution in [-0.2, 0) is 4.79 Å². The molecule has 1 aromatic heterocycles. The van der Waals surface area contributed by atoms with Crippen molar-refractivity contribution in [1.82, 2.24) is 25.5 Å². The maximum absolute atomic E-state index is 12.5. The van der Waals surface area contributed by atoms with E-state index in [1.165, 1.54) is 6.33 Å². The SMILES string of the molecule is O=C(CN1CCC(NC(=O)c2ccc(-c3cncnc3)cc2)CC1)NC1CC1. The second-order valence-corrected chi connectivity index (χ2v) is 7.57. The number of piperidine rings is 1. The number of hydrogen-bond acceptors (Lipinski definition) is 5. The third-order valence-corrected chi connectivity index (χ3v) is 5.27. The monoisotopic (exact) mass is 379 g/mol. The van der Waals surface area contributed by atoms with Crippen molar-refractivity contribution in [3.63, 3.8) is 0 Å². The summed E-state index contributed by atoms with van der Waals surface area (Å²) in [5, 5.41) is 6.14. The third kappa shape index (κ3) is 4.92. The molecule has 0 unspecified atom stereocenters. The average molecular weight is 379 g/mol. The van der Waals surface area contributed by atoms with Gasteiger partial charge in [0.05, 0.1) is 6.54 Å². The largest absolute Gasteiger partial charge is 0.352 e. The van der Waals surface area contributed by atoms with Crippen LogP contribution in [0.4, 0.5) is 0 Å². The molecule has 0 atom stereocenters. The molecular weight excluding hydrogens is 354 g/mol. The summed E-state index contributed by atoms with van der Waals surface area (Å²) < 4.78 is 0. The van der Waals surface area contributed by atoms with Crippen molar-refractivity contribution >= 4 is 11.8 Å². The third-order valence-electron chi connectivity index (χ3n) is 5.27. The number of rotatable bonds is 6. The summed E-state index contributed by atoms with van der Waals surface area (Å²) in [6.45, 7) is 2.12. The van der Waals surface area contributed by atoms with Crippen molar-refractivity contribution in [2.45, 2.75) is 37.8 Å². The van der Waals surface area contributed by atoms with Crippen LogP contribution in [0.5, 0.6) is 0 Å². The normalized spacial score (nSPS) is 17.9. The van der Waals surface area contributed by atoms with Crippen LogP contribution in [-0.4, -0.2) is 58.4 Å². The van der Waals surface area contributed by atoms with Crippen LogP contribution < -0.4 is 10.6 Å². The molecule has 2 fully saturated rings. The van der Waals surface area contributed by atoms with Crippen molar-refractivity contribution < 1.29 is 9.59 Å². The van der Waals surface area contributed by atoms with Gasteiger partial charge in [-0.2, -0.15) is 0 Å². The molecule has 146 valence electrons. The number of carbonyl (C=O) groups is 2. The number of hydrogen-bond donors (Lipinski definition) is 2. The van der Waals surface area contributed by atoms with E-state index in [0.717, 1.165) is 49.9 Å². The fourth-order valence-electron chi connectivity index (χ4n) is 3.47. The van der Waals surface area contributed by atoms with E-state index in [1.54, 1.807) is 12.4 Å². The fourth-order valence-corrected chi connectivity index (χ4v) is 3.47. The van der Waals surface area contributed by atoms with Crippen LogP contribution >= 0.6 is 0 Å². The van der Waals surface area contributed by atoms with Gasteiger partial charge in [0.1, 0.15) is 6.33 Å². The molecule has 4 rings (SSSR count). The molecule has 1 aliphatic heterocycles. The van der Waals surface area contributed by atoms with Gasteiger partial charge in [0, 0.05) is 48.7 Å². The van der Waals surface area contributed by atoms with Gasteiger partial charge in [-0.1, -0.05) is 12.1 Å². The molecule has 0 radical (unpaired) electrons. The molecule has 7 nitrogen and oxygen atoms in total. The zero-order chi connectivity index (χ0) is 19.3. The minimum Gasteiger partial charge on any atom is -0.352 e. The lowest BCUT2D eigenvalue weighted by Crippen LogP contribution is -2.47. The second-order valence-electron chi connectivity index (χ2n) is 7.57. The van der Waals surface area contributed by atoms with Crippen LogP contribution in [0.2, 0.25) is 0 Å². The van der Waals surface area contributed by atoms with Crippen molar-refractivity contribution in [1.29, 1.82) is 0 Å². The lowest BCUT2D eigenvalue weighted by atomic mass is 10.0. The van der Waals surface area contributed by atoms with E-state index < -0.39 is 0 Å². The van der Waals surface area contributed by atoms with E-state index >= 15 is 0 Å². The van der Waals surface area contributed by atoms with Crippen molar-refractivity contribution in [2.75, 3.05) is 19.6 Å². The minimum absolute atomic E-state index is 0.0548. The predicted octanol–water partition coefficient (Wildman–Crippen LogP) is 1.62. The molecule has 1 aliphatic carbocycles. The van der Waals surface area contributed by atoms with E-state index in [4.69, 9.17) is 0 Å². The molecule has 28 heavy (non-hydrogen) atoms. The Bertz CT molecular complexity index is 812. The zero-order valence-corrected chi connectivity index (χ0v) is 15.8. The molecule has 1 aromatic carbocycles. The average Bonchev–Trinajstić information content (AvgIpc) is 3.54. The highest BCUT2D eigenvalue weighted by Gasteiger charge is 2.26. The van der Waals surface area contributed by atoms with E-state index in [1.807, 2.05) is 24.3 Å². The molecule has 2 amide bonds. The minimum atomic E-state index is -0.0548. The molecule has 2 N–H and O–H groups in total. The van der Waals surface area contributed by atoms with Crippen LogP contribution in [0.15, 0.2) is 43.0 Å². The molecule has 1 saturated carbocycles. The number of carbonyl (C=O) groups excluding carboxylic acids is 2. The number of nitrogens with one attached hydrogen (secondary N) is 2. The quantitative estimate of drug-likeness (QED) is 0.796. The lowest BCUT2D eigenvalue weighted by molar-refractivity contribution is -0.122. The summed E-state index contributed by atoms with van der Waals surface area (Å²) in [5.41, 5.74) is 2.55. The molecule has 2 aromatic rings. The smallest absolute Gasteiger partial charge is 0.251 e. The highest BCUT2D eigenvalue weighted by atomic mass is 16.2. The van der Waals surface area contributed by atoms with Crippen LogP contribution in [0, 0.1) is 0 Å². The van der Waals surface area contributed by atoms with E-state index in [-0.39, 0.29) is 17.9 Å². The number of likely N-dealkylation sites (tertiary alicyclic amines) is 1. The lowest BCUT2D eigenvalue weighted by Gasteiger charge is -2.31. The van der Waals surface area contributed by atoms with Gasteiger partial charge in [0.25, 0.3) is 5.91 Å². The number of nitrogens with zero attached hydrogens (tertiary/aromatic N) is 3. The first-order valence-corrected chi connectivity index (χ1v) is 9.85. The van der Waals surface area contributed by atoms with Crippen LogP contribution in [0.1, 0.15) is 36.0 Å². The van der Waals surface area contributed by atoms with E-state index in [0.29, 0.717) is 18.2 Å². The van der Waals surface area contributed by atoms with Crippen molar-refractivity contribution in [3.8, 4) is 11.1 Å². The molecule has 1 saturated heterocycles. The predicted molar refractivity (Wildman–Crippen MR) is 106 cm³/mol. The second kappa shape index (κ2) is 8.48. The molecule has 2 heterocycles. The molecule has 0 spiro atoms. The Morgan fingerprint density at radius 1 is 0.893 bits per heavy atom. The maximum Gasteiger partial charge on any atom is 0.251 e. The Kier molecular flexibility index (Phi) is 5.62. The van der Waals surface area contributed by atoms with Gasteiger partial charge in [-0.05, 0) is 43.4 Å². The fraction of sp³-hybridized carbons (Fsp3) is 0.429. The Balaban J connectivity index is 1.24.